The largest absolute Gasteiger partial charge is 0.493 e. The van der Waals surface area contributed by atoms with Crippen LogP contribution in [0.2, 0.25) is 0 Å². The van der Waals surface area contributed by atoms with Crippen LogP contribution in [0.3, 0.4) is 0 Å². The molecular formula is C37H49FN5O5+. The topological polar surface area (TPSA) is 89.2 Å². The Morgan fingerprint density at radius 3 is 2.31 bits per heavy atom. The molecule has 1 saturated heterocycles. The van der Waals surface area contributed by atoms with Crippen molar-refractivity contribution >= 4 is 28.6 Å². The van der Waals surface area contributed by atoms with Crippen LogP contribution < -0.4 is 23.8 Å². The van der Waals surface area contributed by atoms with Crippen LogP contribution in [0.4, 0.5) is 16.0 Å². The number of anilines is 1. The Balaban J connectivity index is 1.28. The predicted octanol–water partition coefficient (Wildman–Crippen LogP) is 6.77. The van der Waals surface area contributed by atoms with Crippen molar-refractivity contribution in [1.82, 2.24) is 19.5 Å². The van der Waals surface area contributed by atoms with E-state index < -0.39 is 0 Å². The van der Waals surface area contributed by atoms with Gasteiger partial charge in [0, 0.05) is 37.9 Å². The molecule has 10 nitrogen and oxygen atoms in total. The number of aromatic nitrogens is 2. The van der Waals surface area contributed by atoms with Crippen LogP contribution in [0, 0.1) is 5.82 Å². The molecule has 0 radical (unpaired) electrons. The first-order valence-electron chi connectivity index (χ1n) is 16.9. The molecule has 4 aromatic rings. The molecule has 11 heteroatoms. The molecule has 1 fully saturated rings. The van der Waals surface area contributed by atoms with Gasteiger partial charge in [-0.15, -0.1) is 0 Å². The zero-order valence-corrected chi connectivity index (χ0v) is 28.9. The van der Waals surface area contributed by atoms with Gasteiger partial charge in [0.1, 0.15) is 18.9 Å². The van der Waals surface area contributed by atoms with Crippen LogP contribution in [-0.2, 0) is 11.2 Å². The molecule has 1 N–H and O–H groups in total. The monoisotopic (exact) mass is 662 g/mol. The summed E-state index contributed by atoms with van der Waals surface area (Å²) in [7, 11) is 6.34. The minimum atomic E-state index is -0.202. The molecule has 258 valence electrons. The number of amides is 1. The van der Waals surface area contributed by atoms with Gasteiger partial charge in [0.15, 0.2) is 17.2 Å². The van der Waals surface area contributed by atoms with Gasteiger partial charge in [0.2, 0.25) is 5.75 Å². The number of rotatable bonds is 16. The summed E-state index contributed by atoms with van der Waals surface area (Å²) in [6.45, 7) is 6.04. The number of H-pyrrole nitrogens is 1. The molecule has 1 aliphatic heterocycles. The predicted molar refractivity (Wildman–Crippen MR) is 188 cm³/mol. The van der Waals surface area contributed by atoms with Crippen LogP contribution in [0.15, 0.2) is 54.6 Å². The minimum Gasteiger partial charge on any atom is -0.493 e. The zero-order chi connectivity index (χ0) is 34.1. The maximum Gasteiger partial charge on any atom is 0.253 e. The van der Waals surface area contributed by atoms with E-state index in [1.165, 1.54) is 21.3 Å². The van der Waals surface area contributed by atoms with Crippen LogP contribution in [0.5, 0.6) is 17.2 Å². The maximum absolute atomic E-state index is 15.9. The number of hydrogen-bond acceptors (Lipinski definition) is 7. The SMILES string of the molecule is CCOCCN(c1nc2ccccc2[nH]1)[N+]1(c2ccc(CCCCN(C)C(=O)c3cc(OC)c(OC)c(OC)c3)c(F)c2)CCCCC1. The quantitative estimate of drug-likeness (QED) is 0.105. The fourth-order valence-corrected chi connectivity index (χ4v) is 6.70. The van der Waals surface area contributed by atoms with Gasteiger partial charge in [-0.3, -0.25) is 4.79 Å². The molecule has 0 unspecified atom stereocenters. The van der Waals surface area contributed by atoms with E-state index in [9.17, 15) is 4.79 Å². The number of nitrogens with one attached hydrogen (secondary N) is 1. The van der Waals surface area contributed by atoms with Gasteiger partial charge in [0.25, 0.3) is 11.9 Å². The summed E-state index contributed by atoms with van der Waals surface area (Å²) in [6.07, 6.45) is 5.27. The number of halogens is 1. The van der Waals surface area contributed by atoms with Gasteiger partial charge in [0.05, 0.1) is 45.5 Å². The third-order valence-electron chi connectivity index (χ3n) is 9.26. The van der Waals surface area contributed by atoms with Gasteiger partial charge in [-0.2, -0.15) is 9.60 Å². The molecule has 2 heterocycles. The van der Waals surface area contributed by atoms with E-state index in [4.69, 9.17) is 23.9 Å². The Labute approximate surface area is 282 Å². The summed E-state index contributed by atoms with van der Waals surface area (Å²) in [5, 5.41) is 2.27. The van der Waals surface area contributed by atoms with Crippen LogP contribution in [-0.4, -0.2) is 88.5 Å². The standard InChI is InChI=1S/C37H49FN5O5/c1-6-48-23-20-42(37-39-31-15-8-9-16-32(31)40-37)43(21-12-7-13-22-43)29-18-17-27(30(38)26-29)14-10-11-19-41(2)36(44)28-24-33(45-3)35(47-5)34(25-28)46-4/h8-9,15-18,24-26H,6-7,10-14,19-23H2,1-5H3,(H,39,40)/q+1. The molecule has 0 spiro atoms. The van der Waals surface area contributed by atoms with Crippen LogP contribution in [0.25, 0.3) is 11.0 Å². The van der Waals surface area contributed by atoms with Crippen molar-refractivity contribution in [2.75, 3.05) is 72.8 Å². The average Bonchev–Trinajstić information content (AvgIpc) is 3.55. The molecule has 1 amide bonds. The first-order valence-corrected chi connectivity index (χ1v) is 16.9. The Morgan fingerprint density at radius 2 is 1.67 bits per heavy atom. The minimum absolute atomic E-state index is 0.154. The summed E-state index contributed by atoms with van der Waals surface area (Å²) in [5.74, 6) is 1.71. The molecule has 0 atom stereocenters. The Kier molecular flexibility index (Phi) is 11.8. The lowest BCUT2D eigenvalue weighted by molar-refractivity contribution is 0.0792. The highest BCUT2D eigenvalue weighted by Crippen LogP contribution is 2.39. The number of aromatic amines is 1. The lowest BCUT2D eigenvalue weighted by Gasteiger charge is -2.47. The first kappa shape index (κ1) is 35.0. The number of para-hydroxylation sites is 2. The lowest BCUT2D eigenvalue weighted by Crippen LogP contribution is -2.65. The number of ether oxygens (including phenoxy) is 4. The number of nitrogens with zero attached hydrogens (tertiary/aromatic N) is 4. The van der Waals surface area contributed by atoms with Crippen molar-refractivity contribution in [3.63, 3.8) is 0 Å². The number of benzene rings is 3. The molecule has 5 rings (SSSR count). The second kappa shape index (κ2) is 16.2. The number of aryl methyl sites for hydroxylation is 1. The van der Waals surface area contributed by atoms with E-state index >= 15 is 4.39 Å². The number of carbonyl (C=O) groups is 1. The number of carbonyl (C=O) groups excluding carboxylic acids is 1. The van der Waals surface area contributed by atoms with E-state index in [2.05, 4.69) is 16.1 Å². The second-order valence-corrected chi connectivity index (χ2v) is 12.2. The highest BCUT2D eigenvalue weighted by atomic mass is 19.1. The lowest BCUT2D eigenvalue weighted by atomic mass is 10.0. The molecule has 1 aliphatic rings. The molecule has 3 aromatic carbocycles. The van der Waals surface area contributed by atoms with Crippen molar-refractivity contribution < 1.29 is 28.1 Å². The zero-order valence-electron chi connectivity index (χ0n) is 28.9. The number of unbranched alkanes of at least 4 members (excludes halogenated alkanes) is 1. The van der Waals surface area contributed by atoms with Crippen molar-refractivity contribution in [3.8, 4) is 17.2 Å². The van der Waals surface area contributed by atoms with Gasteiger partial charge in [-0.05, 0) is 75.3 Å². The average molecular weight is 663 g/mol. The summed E-state index contributed by atoms with van der Waals surface area (Å²) in [6, 6.07) is 17.1. The van der Waals surface area contributed by atoms with E-state index in [0.29, 0.717) is 65.7 Å². The number of quaternary nitrogens is 1. The van der Waals surface area contributed by atoms with Gasteiger partial charge < -0.3 is 28.8 Å². The fourth-order valence-electron chi connectivity index (χ4n) is 6.70. The van der Waals surface area contributed by atoms with E-state index in [0.717, 1.165) is 67.9 Å². The molecule has 1 aromatic heterocycles. The fraction of sp³-hybridized carbons (Fsp3) is 0.459. The number of piperidine rings is 1. The smallest absolute Gasteiger partial charge is 0.253 e. The Morgan fingerprint density at radius 1 is 0.938 bits per heavy atom. The van der Waals surface area contributed by atoms with Crippen molar-refractivity contribution in [2.24, 2.45) is 0 Å². The second-order valence-electron chi connectivity index (χ2n) is 12.2. The summed E-state index contributed by atoms with van der Waals surface area (Å²) >= 11 is 0. The summed E-state index contributed by atoms with van der Waals surface area (Å²) in [5.41, 5.74) is 3.92. The van der Waals surface area contributed by atoms with Crippen molar-refractivity contribution in [2.45, 2.75) is 45.4 Å². The third kappa shape index (κ3) is 7.52. The number of imidazole rings is 1. The first-order chi connectivity index (χ1) is 23.3. The molecule has 0 saturated carbocycles. The number of fused-ring (bicyclic) bond motifs is 1. The van der Waals surface area contributed by atoms with Crippen LogP contribution in [0.1, 0.15) is 54.9 Å². The van der Waals surface area contributed by atoms with Crippen molar-refractivity contribution in [3.05, 3.63) is 71.5 Å². The molecular weight excluding hydrogens is 613 g/mol. The van der Waals surface area contributed by atoms with Gasteiger partial charge in [-0.25, -0.2) is 9.37 Å². The summed E-state index contributed by atoms with van der Waals surface area (Å²) in [4.78, 5) is 23.3. The molecule has 48 heavy (non-hydrogen) atoms. The Bertz CT molecular complexity index is 1610. The third-order valence-corrected chi connectivity index (χ3v) is 9.26. The van der Waals surface area contributed by atoms with Gasteiger partial charge in [-0.1, -0.05) is 18.2 Å². The van der Waals surface area contributed by atoms with Crippen molar-refractivity contribution in [1.29, 1.82) is 0 Å². The van der Waals surface area contributed by atoms with E-state index in [-0.39, 0.29) is 11.7 Å². The van der Waals surface area contributed by atoms with E-state index in [1.807, 2.05) is 37.3 Å². The highest BCUT2D eigenvalue weighted by molar-refractivity contribution is 5.95. The van der Waals surface area contributed by atoms with Gasteiger partial charge >= 0.3 is 0 Å². The Hall–Kier alpha value is -4.35. The normalized spacial score (nSPS) is 14.1. The van der Waals surface area contributed by atoms with E-state index in [1.54, 1.807) is 30.1 Å². The van der Waals surface area contributed by atoms with Crippen LogP contribution >= 0.6 is 0 Å². The summed E-state index contributed by atoms with van der Waals surface area (Å²) < 4.78 is 38.4. The molecule has 0 aliphatic carbocycles. The highest BCUT2D eigenvalue weighted by Gasteiger charge is 2.42. The molecule has 0 bridgehead atoms. The maximum atomic E-state index is 15.9. The number of hydrogen-bond donors (Lipinski definition) is 1. The number of methoxy groups -OCH3 is 3.